The maximum absolute atomic E-state index is 12.3. The average Bonchev–Trinajstić information content (AvgIpc) is 2.32. The molecule has 0 aliphatic rings. The van der Waals surface area contributed by atoms with Crippen molar-refractivity contribution < 1.29 is 14.3 Å². The first-order chi connectivity index (χ1) is 8.30. The van der Waals surface area contributed by atoms with Gasteiger partial charge in [0, 0.05) is 5.56 Å². The Labute approximate surface area is 108 Å². The molecule has 0 bridgehead atoms. The van der Waals surface area contributed by atoms with Crippen LogP contribution in [0.1, 0.15) is 42.3 Å². The summed E-state index contributed by atoms with van der Waals surface area (Å²) in [5, 5.41) is 0. The molecule has 0 unspecified atom stereocenters. The van der Waals surface area contributed by atoms with E-state index in [-0.39, 0.29) is 12.4 Å². The van der Waals surface area contributed by atoms with E-state index in [2.05, 4.69) is 0 Å². The zero-order valence-corrected chi connectivity index (χ0v) is 11.7. The van der Waals surface area contributed by atoms with Gasteiger partial charge in [0.05, 0.1) is 6.61 Å². The Balaban J connectivity index is 3.05. The van der Waals surface area contributed by atoms with Crippen LogP contribution in [0, 0.1) is 19.3 Å². The SMILES string of the molecule is CCOC(=O)C(C)(C)C(=O)c1ccc(C)c(C)c1. The van der Waals surface area contributed by atoms with E-state index in [1.165, 1.54) is 0 Å². The first-order valence-electron chi connectivity index (χ1n) is 6.10. The van der Waals surface area contributed by atoms with Gasteiger partial charge in [-0.05, 0) is 51.8 Å². The lowest BCUT2D eigenvalue weighted by Crippen LogP contribution is -2.35. The van der Waals surface area contributed by atoms with Crippen molar-refractivity contribution >= 4 is 11.8 Å². The molecule has 0 aromatic heterocycles. The van der Waals surface area contributed by atoms with Gasteiger partial charge in [0.1, 0.15) is 5.41 Å². The molecule has 0 N–H and O–H groups in total. The molecule has 1 aromatic rings. The summed E-state index contributed by atoms with van der Waals surface area (Å²) in [6.07, 6.45) is 0. The minimum Gasteiger partial charge on any atom is -0.465 e. The van der Waals surface area contributed by atoms with Crippen LogP contribution in [-0.4, -0.2) is 18.4 Å². The van der Waals surface area contributed by atoms with Gasteiger partial charge in [-0.1, -0.05) is 12.1 Å². The molecule has 0 saturated heterocycles. The highest BCUT2D eigenvalue weighted by molar-refractivity contribution is 6.11. The summed E-state index contributed by atoms with van der Waals surface area (Å²) < 4.78 is 4.94. The minimum absolute atomic E-state index is 0.205. The van der Waals surface area contributed by atoms with E-state index in [9.17, 15) is 9.59 Å². The van der Waals surface area contributed by atoms with E-state index >= 15 is 0 Å². The van der Waals surface area contributed by atoms with E-state index in [4.69, 9.17) is 4.74 Å². The van der Waals surface area contributed by atoms with Crippen molar-refractivity contribution in [1.29, 1.82) is 0 Å². The molecule has 0 amide bonds. The quantitative estimate of drug-likeness (QED) is 0.467. The summed E-state index contributed by atoms with van der Waals surface area (Å²) in [6.45, 7) is 9.14. The molecule has 0 aliphatic carbocycles. The van der Waals surface area contributed by atoms with Gasteiger partial charge in [0.25, 0.3) is 0 Å². The van der Waals surface area contributed by atoms with Gasteiger partial charge in [-0.15, -0.1) is 0 Å². The van der Waals surface area contributed by atoms with Gasteiger partial charge >= 0.3 is 5.97 Å². The van der Waals surface area contributed by atoms with E-state index in [1.54, 1.807) is 26.8 Å². The molecule has 0 atom stereocenters. The number of esters is 1. The summed E-state index contributed by atoms with van der Waals surface area (Å²) in [5.74, 6) is -0.683. The molecule has 98 valence electrons. The van der Waals surface area contributed by atoms with Gasteiger partial charge in [-0.3, -0.25) is 9.59 Å². The van der Waals surface area contributed by atoms with Crippen molar-refractivity contribution in [1.82, 2.24) is 0 Å². The predicted octanol–water partition coefficient (Wildman–Crippen LogP) is 3.08. The lowest BCUT2D eigenvalue weighted by molar-refractivity contribution is -0.150. The first-order valence-corrected chi connectivity index (χ1v) is 6.10. The maximum Gasteiger partial charge on any atom is 0.319 e. The second-order valence-corrected chi connectivity index (χ2v) is 4.97. The van der Waals surface area contributed by atoms with Crippen molar-refractivity contribution in [2.75, 3.05) is 6.61 Å². The van der Waals surface area contributed by atoms with Crippen LogP contribution in [0.15, 0.2) is 18.2 Å². The third kappa shape index (κ3) is 2.78. The number of carbonyl (C=O) groups is 2. The van der Waals surface area contributed by atoms with Crippen LogP contribution in [-0.2, 0) is 9.53 Å². The van der Waals surface area contributed by atoms with Crippen molar-refractivity contribution in [3.8, 4) is 0 Å². The molecule has 1 rings (SSSR count). The summed E-state index contributed by atoms with van der Waals surface area (Å²) in [4.78, 5) is 24.1. The van der Waals surface area contributed by atoms with Crippen LogP contribution in [0.5, 0.6) is 0 Å². The van der Waals surface area contributed by atoms with Crippen molar-refractivity contribution in [2.45, 2.75) is 34.6 Å². The Kier molecular flexibility index (Phi) is 4.28. The molecule has 0 radical (unpaired) electrons. The molecule has 0 aliphatic heterocycles. The maximum atomic E-state index is 12.3. The Morgan fingerprint density at radius 3 is 2.28 bits per heavy atom. The van der Waals surface area contributed by atoms with Gasteiger partial charge in [0.2, 0.25) is 0 Å². The number of aryl methyl sites for hydroxylation is 2. The first kappa shape index (κ1) is 14.4. The molecule has 0 fully saturated rings. The second kappa shape index (κ2) is 5.34. The smallest absolute Gasteiger partial charge is 0.319 e. The number of ketones is 1. The molecular weight excluding hydrogens is 228 g/mol. The predicted molar refractivity (Wildman–Crippen MR) is 70.7 cm³/mol. The zero-order valence-electron chi connectivity index (χ0n) is 11.7. The van der Waals surface area contributed by atoms with Crippen LogP contribution in [0.3, 0.4) is 0 Å². The highest BCUT2D eigenvalue weighted by Gasteiger charge is 2.38. The highest BCUT2D eigenvalue weighted by atomic mass is 16.5. The van der Waals surface area contributed by atoms with E-state index in [0.717, 1.165) is 11.1 Å². The van der Waals surface area contributed by atoms with Crippen LogP contribution in [0.4, 0.5) is 0 Å². The number of hydrogen-bond acceptors (Lipinski definition) is 3. The third-order valence-corrected chi connectivity index (χ3v) is 3.12. The number of benzene rings is 1. The Bertz CT molecular complexity index is 473. The molecule has 0 saturated carbocycles. The van der Waals surface area contributed by atoms with Crippen LogP contribution >= 0.6 is 0 Å². The minimum atomic E-state index is -1.14. The number of ether oxygens (including phenoxy) is 1. The van der Waals surface area contributed by atoms with E-state index < -0.39 is 11.4 Å². The summed E-state index contributed by atoms with van der Waals surface area (Å²) in [7, 11) is 0. The fraction of sp³-hybridized carbons (Fsp3) is 0.467. The topological polar surface area (TPSA) is 43.4 Å². The average molecular weight is 248 g/mol. The monoisotopic (exact) mass is 248 g/mol. The fourth-order valence-electron chi connectivity index (χ4n) is 1.65. The summed E-state index contributed by atoms with van der Waals surface area (Å²) in [6, 6.07) is 5.47. The molecular formula is C15H20O3. The van der Waals surface area contributed by atoms with E-state index in [0.29, 0.717) is 5.56 Å². The van der Waals surface area contributed by atoms with Crippen molar-refractivity contribution in [3.63, 3.8) is 0 Å². The number of hydrogen-bond donors (Lipinski definition) is 0. The fourth-order valence-corrected chi connectivity index (χ4v) is 1.65. The molecule has 1 aromatic carbocycles. The third-order valence-electron chi connectivity index (χ3n) is 3.12. The largest absolute Gasteiger partial charge is 0.465 e. The Morgan fingerprint density at radius 1 is 1.17 bits per heavy atom. The summed E-state index contributed by atoms with van der Waals surface area (Å²) >= 11 is 0. The molecule has 0 spiro atoms. The number of Topliss-reactive ketones (excluding diaryl/α,β-unsaturated/α-hetero) is 1. The highest BCUT2D eigenvalue weighted by Crippen LogP contribution is 2.25. The molecule has 3 nitrogen and oxygen atoms in total. The second-order valence-electron chi connectivity index (χ2n) is 4.97. The van der Waals surface area contributed by atoms with Gasteiger partial charge < -0.3 is 4.74 Å². The standard InChI is InChI=1S/C15H20O3/c1-6-18-14(17)15(4,5)13(16)12-8-7-10(2)11(3)9-12/h7-9H,6H2,1-5H3. The normalized spacial score (nSPS) is 11.2. The lowest BCUT2D eigenvalue weighted by Gasteiger charge is -2.21. The molecule has 18 heavy (non-hydrogen) atoms. The van der Waals surface area contributed by atoms with E-state index in [1.807, 2.05) is 26.0 Å². The molecule has 0 heterocycles. The number of carbonyl (C=O) groups excluding carboxylic acids is 2. The van der Waals surface area contributed by atoms with Crippen molar-refractivity contribution in [2.24, 2.45) is 5.41 Å². The van der Waals surface area contributed by atoms with Crippen LogP contribution < -0.4 is 0 Å². The Morgan fingerprint density at radius 2 is 1.78 bits per heavy atom. The van der Waals surface area contributed by atoms with Gasteiger partial charge in [0.15, 0.2) is 5.78 Å². The summed E-state index contributed by atoms with van der Waals surface area (Å²) in [5.41, 5.74) is 1.58. The van der Waals surface area contributed by atoms with Gasteiger partial charge in [-0.25, -0.2) is 0 Å². The van der Waals surface area contributed by atoms with Crippen LogP contribution in [0.2, 0.25) is 0 Å². The van der Waals surface area contributed by atoms with Gasteiger partial charge in [-0.2, -0.15) is 0 Å². The van der Waals surface area contributed by atoms with Crippen molar-refractivity contribution in [3.05, 3.63) is 34.9 Å². The lowest BCUT2D eigenvalue weighted by atomic mass is 9.83. The van der Waals surface area contributed by atoms with Crippen LogP contribution in [0.25, 0.3) is 0 Å². The number of rotatable bonds is 4. The Hall–Kier alpha value is -1.64. The zero-order chi connectivity index (χ0) is 13.9. The molecule has 3 heteroatoms.